The van der Waals surface area contributed by atoms with Gasteiger partial charge in [-0.15, -0.1) is 0 Å². The maximum atomic E-state index is 13.3. The summed E-state index contributed by atoms with van der Waals surface area (Å²) in [6.45, 7) is 4.06. The summed E-state index contributed by atoms with van der Waals surface area (Å²) in [4.78, 5) is 15.6. The van der Waals surface area contributed by atoms with E-state index in [1.807, 2.05) is 55.5 Å². The summed E-state index contributed by atoms with van der Waals surface area (Å²) in [5.74, 6) is 1.44. The van der Waals surface area contributed by atoms with Crippen LogP contribution in [0.4, 0.5) is 0 Å². The van der Waals surface area contributed by atoms with Gasteiger partial charge in [-0.25, -0.2) is 0 Å². The molecule has 0 unspecified atom stereocenters. The number of nitrogens with zero attached hydrogens (tertiary/aromatic N) is 1. The molecule has 0 fully saturated rings. The van der Waals surface area contributed by atoms with E-state index in [1.54, 1.807) is 0 Å². The lowest BCUT2D eigenvalue weighted by Crippen LogP contribution is -2.33. The lowest BCUT2D eigenvalue weighted by molar-refractivity contribution is 0.0946. The third-order valence-electron chi connectivity index (χ3n) is 5.93. The molecule has 0 atom stereocenters. The molecular weight excluding hydrogens is 386 g/mol. The number of rotatable bonds is 5. The Morgan fingerprint density at radius 3 is 2.45 bits per heavy atom. The molecule has 156 valence electrons. The van der Waals surface area contributed by atoms with Crippen molar-refractivity contribution in [2.24, 2.45) is 0 Å². The van der Waals surface area contributed by atoms with Crippen LogP contribution in [-0.2, 0) is 13.0 Å². The van der Waals surface area contributed by atoms with Crippen LogP contribution < -0.4 is 10.2 Å². The van der Waals surface area contributed by atoms with Crippen LogP contribution in [-0.4, -0.2) is 18.2 Å². The monoisotopic (exact) mass is 411 g/mol. The van der Waals surface area contributed by atoms with Gasteiger partial charge in [0.25, 0.3) is 0 Å². The average molecular weight is 412 g/mol. The molecule has 0 N–H and O–H groups in total. The zero-order chi connectivity index (χ0) is 21.2. The maximum Gasteiger partial charge on any atom is 0.200 e. The van der Waals surface area contributed by atoms with Crippen molar-refractivity contribution in [1.29, 1.82) is 0 Å². The molecule has 4 nitrogen and oxygen atoms in total. The predicted octanol–water partition coefficient (Wildman–Crippen LogP) is 5.55. The summed E-state index contributed by atoms with van der Waals surface area (Å²) in [5.41, 5.74) is 4.47. The molecule has 0 spiro atoms. The van der Waals surface area contributed by atoms with Crippen molar-refractivity contribution < 1.29 is 9.15 Å². The first-order valence-corrected chi connectivity index (χ1v) is 10.7. The molecule has 3 aromatic carbocycles. The smallest absolute Gasteiger partial charge is 0.200 e. The standard InChI is InChI=1S/C27H25NO3/c1-19-25(21-12-6-3-7-13-21)26(29)22-14-15-24-23(27(22)31-19)17-28(18-30-24)16-8-11-20-9-4-2-5-10-20/h2-7,9-10,12-15H,8,11,16-18H2,1H3. The third kappa shape index (κ3) is 3.87. The van der Waals surface area contributed by atoms with Crippen molar-refractivity contribution in [1.82, 2.24) is 4.90 Å². The molecule has 0 saturated heterocycles. The summed E-state index contributed by atoms with van der Waals surface area (Å²) < 4.78 is 12.2. The van der Waals surface area contributed by atoms with E-state index < -0.39 is 0 Å². The van der Waals surface area contributed by atoms with Gasteiger partial charge in [-0.05, 0) is 43.0 Å². The highest BCUT2D eigenvalue weighted by Gasteiger charge is 2.23. The highest BCUT2D eigenvalue weighted by Crippen LogP contribution is 2.33. The Hall–Kier alpha value is -3.37. The van der Waals surface area contributed by atoms with Crippen molar-refractivity contribution in [3.8, 4) is 16.9 Å². The summed E-state index contributed by atoms with van der Waals surface area (Å²) in [6, 6.07) is 24.0. The number of hydrogen-bond acceptors (Lipinski definition) is 4. The largest absolute Gasteiger partial charge is 0.478 e. The molecule has 4 heteroatoms. The molecule has 31 heavy (non-hydrogen) atoms. The van der Waals surface area contributed by atoms with E-state index in [1.165, 1.54) is 5.56 Å². The predicted molar refractivity (Wildman–Crippen MR) is 123 cm³/mol. The number of benzene rings is 3. The van der Waals surface area contributed by atoms with Gasteiger partial charge >= 0.3 is 0 Å². The molecule has 4 aromatic rings. The first kappa shape index (κ1) is 19.6. The summed E-state index contributed by atoms with van der Waals surface area (Å²) in [5, 5.41) is 0.609. The van der Waals surface area contributed by atoms with E-state index in [2.05, 4.69) is 29.2 Å². The van der Waals surface area contributed by atoms with Gasteiger partial charge < -0.3 is 9.15 Å². The minimum Gasteiger partial charge on any atom is -0.478 e. The van der Waals surface area contributed by atoms with Gasteiger partial charge in [0.15, 0.2) is 0 Å². The van der Waals surface area contributed by atoms with Crippen molar-refractivity contribution in [3.63, 3.8) is 0 Å². The topological polar surface area (TPSA) is 42.7 Å². The van der Waals surface area contributed by atoms with E-state index in [0.717, 1.165) is 36.3 Å². The number of fused-ring (bicyclic) bond motifs is 3. The summed E-state index contributed by atoms with van der Waals surface area (Å²) >= 11 is 0. The van der Waals surface area contributed by atoms with Crippen molar-refractivity contribution in [3.05, 3.63) is 99.9 Å². The Morgan fingerprint density at radius 2 is 1.68 bits per heavy atom. The third-order valence-corrected chi connectivity index (χ3v) is 5.93. The summed E-state index contributed by atoms with van der Waals surface area (Å²) in [6.07, 6.45) is 2.09. The fraction of sp³-hybridized carbons (Fsp3) is 0.222. The molecule has 0 saturated carbocycles. The van der Waals surface area contributed by atoms with Crippen LogP contribution in [0.1, 0.15) is 23.3 Å². The molecule has 5 rings (SSSR count). The van der Waals surface area contributed by atoms with E-state index >= 15 is 0 Å². The second-order valence-corrected chi connectivity index (χ2v) is 8.06. The Bertz CT molecular complexity index is 1260. The highest BCUT2D eigenvalue weighted by molar-refractivity contribution is 5.86. The second kappa shape index (κ2) is 8.40. The van der Waals surface area contributed by atoms with E-state index in [0.29, 0.717) is 35.6 Å². The summed E-state index contributed by atoms with van der Waals surface area (Å²) in [7, 11) is 0. The molecule has 0 radical (unpaired) electrons. The van der Waals surface area contributed by atoms with Crippen LogP contribution in [0.25, 0.3) is 22.1 Å². The van der Waals surface area contributed by atoms with Crippen LogP contribution in [0.5, 0.6) is 5.75 Å². The fourth-order valence-corrected chi connectivity index (χ4v) is 4.35. The second-order valence-electron chi connectivity index (χ2n) is 8.06. The molecule has 2 heterocycles. The Morgan fingerprint density at radius 1 is 0.935 bits per heavy atom. The Kier molecular flexibility index (Phi) is 5.31. The normalized spacial score (nSPS) is 13.7. The van der Waals surface area contributed by atoms with Crippen LogP contribution in [0.3, 0.4) is 0 Å². The van der Waals surface area contributed by atoms with Crippen LogP contribution in [0.15, 0.2) is 82.0 Å². The maximum absolute atomic E-state index is 13.3. The first-order chi connectivity index (χ1) is 15.2. The Balaban J connectivity index is 1.43. The highest BCUT2D eigenvalue weighted by atomic mass is 16.5. The molecule has 0 bridgehead atoms. The van der Waals surface area contributed by atoms with E-state index in [9.17, 15) is 4.79 Å². The SMILES string of the molecule is Cc1oc2c3c(ccc2c(=O)c1-c1ccccc1)OCN(CCCc1ccccc1)C3. The number of aryl methyl sites for hydroxylation is 2. The average Bonchev–Trinajstić information content (AvgIpc) is 2.80. The Labute approximate surface area is 181 Å². The lowest BCUT2D eigenvalue weighted by Gasteiger charge is -2.29. The van der Waals surface area contributed by atoms with Gasteiger partial charge in [0.1, 0.15) is 23.8 Å². The quantitative estimate of drug-likeness (QED) is 0.432. The molecule has 1 aliphatic heterocycles. The molecule has 1 aromatic heterocycles. The van der Waals surface area contributed by atoms with Gasteiger partial charge in [0, 0.05) is 13.1 Å². The zero-order valence-electron chi connectivity index (χ0n) is 17.6. The zero-order valence-corrected chi connectivity index (χ0v) is 17.6. The fourth-order valence-electron chi connectivity index (χ4n) is 4.35. The number of hydrogen-bond donors (Lipinski definition) is 0. The van der Waals surface area contributed by atoms with Crippen LogP contribution in [0.2, 0.25) is 0 Å². The molecule has 0 aliphatic carbocycles. The van der Waals surface area contributed by atoms with E-state index in [-0.39, 0.29) is 5.43 Å². The first-order valence-electron chi connectivity index (χ1n) is 10.7. The number of ether oxygens (including phenoxy) is 1. The van der Waals surface area contributed by atoms with Gasteiger partial charge in [0.05, 0.1) is 16.5 Å². The lowest BCUT2D eigenvalue weighted by atomic mass is 10.0. The van der Waals surface area contributed by atoms with Gasteiger partial charge in [-0.3, -0.25) is 9.69 Å². The van der Waals surface area contributed by atoms with Crippen molar-refractivity contribution >= 4 is 11.0 Å². The molecule has 1 aliphatic rings. The van der Waals surface area contributed by atoms with Crippen LogP contribution >= 0.6 is 0 Å². The van der Waals surface area contributed by atoms with Gasteiger partial charge in [0.2, 0.25) is 5.43 Å². The molecule has 0 amide bonds. The minimum absolute atomic E-state index is 0.00829. The minimum atomic E-state index is 0.00829. The van der Waals surface area contributed by atoms with Gasteiger partial charge in [-0.1, -0.05) is 60.7 Å². The van der Waals surface area contributed by atoms with E-state index in [4.69, 9.17) is 9.15 Å². The van der Waals surface area contributed by atoms with Gasteiger partial charge in [-0.2, -0.15) is 0 Å². The van der Waals surface area contributed by atoms with Crippen molar-refractivity contribution in [2.45, 2.75) is 26.3 Å². The van der Waals surface area contributed by atoms with Crippen molar-refractivity contribution in [2.75, 3.05) is 13.3 Å². The van der Waals surface area contributed by atoms with Crippen LogP contribution in [0, 0.1) is 6.92 Å². The molecular formula is C27H25NO3.